The van der Waals surface area contributed by atoms with Crippen LogP contribution in [-0.2, 0) is 4.79 Å². The first-order valence-corrected chi connectivity index (χ1v) is 9.57. The van der Waals surface area contributed by atoms with Crippen molar-refractivity contribution in [2.24, 2.45) is 0 Å². The standard InChI is InChI=1S/C18H26.C4H6O2/c1-3-9-15(10-4-1)17-13-7-8-14-18(17)16-11-5-2-6-12-16;1-3(2)4(5)6/h7-8,13-16H,1-6,9-12H2;1H2,2H3,(H,5,6). The number of hydrogen-bond acceptors (Lipinski definition) is 1. The third kappa shape index (κ3) is 5.51. The van der Waals surface area contributed by atoms with Gasteiger partial charge in [-0.2, -0.15) is 0 Å². The lowest BCUT2D eigenvalue weighted by molar-refractivity contribution is -0.132. The number of hydrogen-bond donors (Lipinski definition) is 1. The SMILES string of the molecule is C=C(C)C(=O)O.c1ccc(C2CCCCC2)c(C2CCCCC2)c1. The zero-order chi connectivity index (χ0) is 17.4. The predicted octanol–water partition coefficient (Wildman–Crippen LogP) is 6.43. The van der Waals surface area contributed by atoms with Crippen LogP contribution in [0.1, 0.15) is 94.1 Å². The summed E-state index contributed by atoms with van der Waals surface area (Å²) >= 11 is 0. The number of aliphatic carboxylic acids is 1. The molecule has 24 heavy (non-hydrogen) atoms. The van der Waals surface area contributed by atoms with Crippen LogP contribution in [0.4, 0.5) is 0 Å². The maximum Gasteiger partial charge on any atom is 0.330 e. The van der Waals surface area contributed by atoms with Gasteiger partial charge in [0.25, 0.3) is 0 Å². The van der Waals surface area contributed by atoms with Crippen LogP contribution in [0.5, 0.6) is 0 Å². The molecule has 0 spiro atoms. The Bertz CT molecular complexity index is 486. The average Bonchev–Trinajstić information content (AvgIpc) is 2.63. The summed E-state index contributed by atoms with van der Waals surface area (Å²) in [5.74, 6) is 0.809. The Hall–Kier alpha value is -1.57. The van der Waals surface area contributed by atoms with Gasteiger partial charge in [-0.3, -0.25) is 0 Å². The van der Waals surface area contributed by atoms with Gasteiger partial charge in [0.1, 0.15) is 0 Å². The van der Waals surface area contributed by atoms with E-state index in [0.29, 0.717) is 0 Å². The molecule has 0 heterocycles. The van der Waals surface area contributed by atoms with E-state index in [1.54, 1.807) is 11.1 Å². The van der Waals surface area contributed by atoms with E-state index >= 15 is 0 Å². The number of carboxylic acid groups (broad SMARTS) is 1. The normalized spacial score (nSPS) is 19.2. The first kappa shape index (κ1) is 18.8. The molecule has 0 atom stereocenters. The zero-order valence-electron chi connectivity index (χ0n) is 15.1. The van der Waals surface area contributed by atoms with E-state index in [4.69, 9.17) is 5.11 Å². The molecule has 0 aromatic heterocycles. The van der Waals surface area contributed by atoms with Gasteiger partial charge in [0, 0.05) is 5.57 Å². The highest BCUT2D eigenvalue weighted by Crippen LogP contribution is 2.40. The Morgan fingerprint density at radius 3 is 1.50 bits per heavy atom. The summed E-state index contributed by atoms with van der Waals surface area (Å²) in [6.45, 7) is 4.60. The molecular formula is C22H32O2. The summed E-state index contributed by atoms with van der Waals surface area (Å²) in [6, 6.07) is 9.38. The van der Waals surface area contributed by atoms with Crippen LogP contribution in [0.2, 0.25) is 0 Å². The van der Waals surface area contributed by atoms with Crippen molar-refractivity contribution in [1.29, 1.82) is 0 Å². The van der Waals surface area contributed by atoms with Crippen molar-refractivity contribution in [3.8, 4) is 0 Å². The lowest BCUT2D eigenvalue weighted by atomic mass is 9.76. The molecule has 132 valence electrons. The number of carboxylic acids is 1. The summed E-state index contributed by atoms with van der Waals surface area (Å²) in [5, 5.41) is 7.89. The number of benzene rings is 1. The van der Waals surface area contributed by atoms with Gasteiger partial charge < -0.3 is 5.11 Å². The molecule has 2 heteroatoms. The summed E-state index contributed by atoms with van der Waals surface area (Å²) in [7, 11) is 0. The molecule has 0 bridgehead atoms. The average molecular weight is 328 g/mol. The largest absolute Gasteiger partial charge is 0.478 e. The maximum absolute atomic E-state index is 9.60. The van der Waals surface area contributed by atoms with Gasteiger partial charge in [-0.25, -0.2) is 4.79 Å². The van der Waals surface area contributed by atoms with Crippen molar-refractivity contribution in [1.82, 2.24) is 0 Å². The third-order valence-electron chi connectivity index (χ3n) is 5.45. The van der Waals surface area contributed by atoms with Gasteiger partial charge in [0.15, 0.2) is 0 Å². The van der Waals surface area contributed by atoms with E-state index in [9.17, 15) is 4.79 Å². The molecule has 0 amide bonds. The summed E-state index contributed by atoms with van der Waals surface area (Å²) in [4.78, 5) is 9.60. The predicted molar refractivity (Wildman–Crippen MR) is 101 cm³/mol. The van der Waals surface area contributed by atoms with Crippen molar-refractivity contribution >= 4 is 5.97 Å². The smallest absolute Gasteiger partial charge is 0.330 e. The van der Waals surface area contributed by atoms with Crippen LogP contribution in [-0.4, -0.2) is 11.1 Å². The molecule has 1 N–H and O–H groups in total. The fraction of sp³-hybridized carbons (Fsp3) is 0.591. The van der Waals surface area contributed by atoms with Gasteiger partial charge in [-0.15, -0.1) is 0 Å². The molecule has 2 saturated carbocycles. The molecule has 2 aliphatic rings. The van der Waals surface area contributed by atoms with Gasteiger partial charge in [0.2, 0.25) is 0 Å². The number of carbonyl (C=O) groups is 1. The minimum Gasteiger partial charge on any atom is -0.478 e. The van der Waals surface area contributed by atoms with E-state index in [-0.39, 0.29) is 5.57 Å². The molecule has 0 aliphatic heterocycles. The zero-order valence-corrected chi connectivity index (χ0v) is 15.1. The first-order valence-electron chi connectivity index (χ1n) is 9.57. The van der Waals surface area contributed by atoms with E-state index in [1.807, 2.05) is 0 Å². The number of rotatable bonds is 3. The molecule has 0 unspecified atom stereocenters. The Morgan fingerprint density at radius 1 is 0.875 bits per heavy atom. The molecular weight excluding hydrogens is 296 g/mol. The second-order valence-electron chi connectivity index (χ2n) is 7.38. The van der Waals surface area contributed by atoms with Crippen LogP contribution in [0, 0.1) is 0 Å². The minimum atomic E-state index is -0.935. The van der Waals surface area contributed by atoms with Crippen LogP contribution < -0.4 is 0 Å². The van der Waals surface area contributed by atoms with Gasteiger partial charge in [0.05, 0.1) is 0 Å². The monoisotopic (exact) mass is 328 g/mol. The highest BCUT2D eigenvalue weighted by Gasteiger charge is 2.23. The van der Waals surface area contributed by atoms with E-state index in [1.165, 1.54) is 71.1 Å². The van der Waals surface area contributed by atoms with Crippen LogP contribution >= 0.6 is 0 Å². The summed E-state index contributed by atoms with van der Waals surface area (Å²) < 4.78 is 0. The topological polar surface area (TPSA) is 37.3 Å². The maximum atomic E-state index is 9.60. The molecule has 2 fully saturated rings. The molecule has 0 radical (unpaired) electrons. The fourth-order valence-electron chi connectivity index (χ4n) is 4.08. The van der Waals surface area contributed by atoms with Gasteiger partial charge in [-0.1, -0.05) is 69.4 Å². The lowest BCUT2D eigenvalue weighted by Gasteiger charge is -2.29. The Morgan fingerprint density at radius 2 is 1.21 bits per heavy atom. The van der Waals surface area contributed by atoms with Crippen LogP contribution in [0.25, 0.3) is 0 Å². The summed E-state index contributed by atoms with van der Waals surface area (Å²) in [6.07, 6.45) is 14.5. The Balaban J connectivity index is 0.000000301. The van der Waals surface area contributed by atoms with Crippen molar-refractivity contribution in [3.63, 3.8) is 0 Å². The molecule has 3 rings (SSSR count). The van der Waals surface area contributed by atoms with Gasteiger partial charge >= 0.3 is 5.97 Å². The fourth-order valence-corrected chi connectivity index (χ4v) is 4.08. The van der Waals surface area contributed by atoms with Crippen molar-refractivity contribution in [2.75, 3.05) is 0 Å². The van der Waals surface area contributed by atoms with Crippen LogP contribution in [0.15, 0.2) is 36.4 Å². The van der Waals surface area contributed by atoms with E-state index in [0.717, 1.165) is 11.8 Å². The quantitative estimate of drug-likeness (QED) is 0.649. The van der Waals surface area contributed by atoms with E-state index < -0.39 is 5.97 Å². The summed E-state index contributed by atoms with van der Waals surface area (Å²) in [5.41, 5.74) is 3.60. The second-order valence-corrected chi connectivity index (χ2v) is 7.38. The van der Waals surface area contributed by atoms with Crippen molar-refractivity contribution < 1.29 is 9.90 Å². The molecule has 2 nitrogen and oxygen atoms in total. The van der Waals surface area contributed by atoms with Crippen LogP contribution in [0.3, 0.4) is 0 Å². The van der Waals surface area contributed by atoms with Crippen molar-refractivity contribution in [2.45, 2.75) is 83.0 Å². The van der Waals surface area contributed by atoms with Gasteiger partial charge in [-0.05, 0) is 55.6 Å². The highest BCUT2D eigenvalue weighted by atomic mass is 16.4. The minimum absolute atomic E-state index is 0.176. The van der Waals surface area contributed by atoms with Crippen molar-refractivity contribution in [3.05, 3.63) is 47.5 Å². The Kier molecular flexibility index (Phi) is 7.55. The first-order chi connectivity index (χ1) is 11.6. The molecule has 1 aromatic rings. The molecule has 1 aromatic carbocycles. The Labute approximate surface area is 147 Å². The molecule has 0 saturated heterocycles. The second kappa shape index (κ2) is 9.66. The molecule has 2 aliphatic carbocycles. The highest BCUT2D eigenvalue weighted by molar-refractivity contribution is 5.84. The third-order valence-corrected chi connectivity index (χ3v) is 5.45. The lowest BCUT2D eigenvalue weighted by Crippen LogP contribution is -2.12. The van der Waals surface area contributed by atoms with E-state index in [2.05, 4.69) is 30.8 Å².